The van der Waals surface area contributed by atoms with Crippen LogP contribution in [0.15, 0.2) is 36.7 Å². The van der Waals surface area contributed by atoms with Gasteiger partial charge in [0.15, 0.2) is 0 Å². The number of aromatic nitrogens is 2. The molecule has 0 bridgehead atoms. The zero-order valence-corrected chi connectivity index (χ0v) is 9.48. The van der Waals surface area contributed by atoms with Crippen molar-refractivity contribution >= 4 is 17.4 Å². The summed E-state index contributed by atoms with van der Waals surface area (Å²) in [6.07, 6.45) is 2.76. The van der Waals surface area contributed by atoms with Crippen LogP contribution in [0.5, 0.6) is 11.6 Å². The zero-order valence-electron chi connectivity index (χ0n) is 8.72. The Balaban J connectivity index is 2.20. The topological polar surface area (TPSA) is 84.9 Å². The molecule has 6 heteroatoms. The molecule has 0 unspecified atom stereocenters. The van der Waals surface area contributed by atoms with Crippen LogP contribution in [0.1, 0.15) is 5.69 Å². The van der Waals surface area contributed by atoms with Gasteiger partial charge in [-0.15, -0.1) is 0 Å². The van der Waals surface area contributed by atoms with Crippen LogP contribution < -0.4 is 10.5 Å². The second-order valence-corrected chi connectivity index (χ2v) is 3.59. The third kappa shape index (κ3) is 2.70. The predicted molar refractivity (Wildman–Crippen MR) is 64.6 cm³/mol. The number of nitrogens with two attached hydrogens (primary N) is 1. The van der Waals surface area contributed by atoms with E-state index in [1.54, 1.807) is 24.3 Å². The lowest BCUT2D eigenvalue weighted by Crippen LogP contribution is -2.13. The highest BCUT2D eigenvalue weighted by molar-refractivity contribution is 6.32. The quantitative estimate of drug-likeness (QED) is 0.644. The normalized spacial score (nSPS) is 9.94. The first-order chi connectivity index (χ1) is 8.16. The van der Waals surface area contributed by atoms with Crippen LogP contribution in [0.25, 0.3) is 0 Å². The van der Waals surface area contributed by atoms with E-state index in [4.69, 9.17) is 27.5 Å². The van der Waals surface area contributed by atoms with Gasteiger partial charge in [-0.05, 0) is 12.1 Å². The number of hydrogen-bond acceptors (Lipinski definition) is 4. The van der Waals surface area contributed by atoms with Gasteiger partial charge in [-0.2, -0.15) is 0 Å². The molecule has 1 heterocycles. The van der Waals surface area contributed by atoms with E-state index in [1.165, 1.54) is 12.4 Å². The first kappa shape index (κ1) is 11.3. The minimum absolute atomic E-state index is 0.137. The van der Waals surface area contributed by atoms with Crippen molar-refractivity contribution in [3.8, 4) is 11.6 Å². The lowest BCUT2D eigenvalue weighted by Gasteiger charge is -2.05. The number of rotatable bonds is 3. The van der Waals surface area contributed by atoms with E-state index in [9.17, 15) is 0 Å². The Morgan fingerprint density at radius 3 is 2.59 bits per heavy atom. The van der Waals surface area contributed by atoms with Crippen molar-refractivity contribution in [2.45, 2.75) is 0 Å². The van der Waals surface area contributed by atoms with Gasteiger partial charge in [-0.1, -0.05) is 23.7 Å². The van der Waals surface area contributed by atoms with Gasteiger partial charge < -0.3 is 10.5 Å². The monoisotopic (exact) mass is 248 g/mol. The number of nitrogens with one attached hydrogen (secondary N) is 1. The molecule has 0 amide bonds. The first-order valence-corrected chi connectivity index (χ1v) is 5.13. The van der Waals surface area contributed by atoms with Crippen LogP contribution in [0.4, 0.5) is 0 Å². The number of amidine groups is 1. The summed E-state index contributed by atoms with van der Waals surface area (Å²) in [6, 6.07) is 7.05. The van der Waals surface area contributed by atoms with Crippen LogP contribution in [0.2, 0.25) is 5.02 Å². The molecule has 2 aromatic rings. The lowest BCUT2D eigenvalue weighted by atomic mass is 10.3. The standard InChI is InChI=1S/C11H9ClN4O/c12-7-3-1-2-4-9(7)17-10-6-15-8(5-16-10)11(13)14/h1-6H,(H3,13,14). The summed E-state index contributed by atoms with van der Waals surface area (Å²) in [7, 11) is 0. The Hall–Kier alpha value is -2.14. The molecule has 1 aromatic carbocycles. The molecule has 0 spiro atoms. The number of halogens is 1. The molecule has 86 valence electrons. The number of hydrogen-bond donors (Lipinski definition) is 2. The van der Waals surface area contributed by atoms with Crippen LogP contribution >= 0.6 is 11.6 Å². The highest BCUT2D eigenvalue weighted by Gasteiger charge is 2.04. The smallest absolute Gasteiger partial charge is 0.237 e. The second-order valence-electron chi connectivity index (χ2n) is 3.19. The van der Waals surface area contributed by atoms with Crippen molar-refractivity contribution in [2.75, 3.05) is 0 Å². The van der Waals surface area contributed by atoms with E-state index < -0.39 is 0 Å². The molecule has 5 nitrogen and oxygen atoms in total. The van der Waals surface area contributed by atoms with Gasteiger partial charge in [-0.25, -0.2) is 9.97 Å². The number of ether oxygens (including phenoxy) is 1. The third-order valence-electron chi connectivity index (χ3n) is 1.96. The summed E-state index contributed by atoms with van der Waals surface area (Å²) in [5.41, 5.74) is 5.56. The fraction of sp³-hybridized carbons (Fsp3) is 0. The summed E-state index contributed by atoms with van der Waals surface area (Å²) < 4.78 is 5.43. The van der Waals surface area contributed by atoms with Crippen LogP contribution in [0, 0.1) is 5.41 Å². The van der Waals surface area contributed by atoms with E-state index >= 15 is 0 Å². The first-order valence-electron chi connectivity index (χ1n) is 4.75. The lowest BCUT2D eigenvalue weighted by molar-refractivity contribution is 0.460. The summed E-state index contributed by atoms with van der Waals surface area (Å²) in [6.45, 7) is 0. The SMILES string of the molecule is N=C(N)c1cnc(Oc2ccccc2Cl)cn1. The minimum atomic E-state index is -0.137. The number of nitrogen functional groups attached to an aromatic ring is 1. The molecule has 0 aliphatic carbocycles. The van der Waals surface area contributed by atoms with E-state index in [-0.39, 0.29) is 5.84 Å². The number of nitrogens with zero attached hydrogens (tertiary/aromatic N) is 2. The molecule has 0 saturated carbocycles. The average molecular weight is 249 g/mol. The fourth-order valence-corrected chi connectivity index (χ4v) is 1.32. The van der Waals surface area contributed by atoms with E-state index in [0.717, 1.165) is 0 Å². The van der Waals surface area contributed by atoms with Crippen molar-refractivity contribution in [3.05, 3.63) is 47.4 Å². The second kappa shape index (κ2) is 4.80. The Morgan fingerprint density at radius 1 is 1.24 bits per heavy atom. The maximum absolute atomic E-state index is 7.17. The van der Waals surface area contributed by atoms with E-state index in [0.29, 0.717) is 22.3 Å². The van der Waals surface area contributed by atoms with Gasteiger partial charge in [0.25, 0.3) is 0 Å². The Bertz CT molecular complexity index is 541. The zero-order chi connectivity index (χ0) is 12.3. The Labute approximate surface area is 103 Å². The predicted octanol–water partition coefficient (Wildman–Crippen LogP) is 2.21. The molecule has 0 radical (unpaired) electrons. The molecule has 2 rings (SSSR count). The molecule has 0 aliphatic heterocycles. The van der Waals surface area contributed by atoms with Crippen molar-refractivity contribution in [1.29, 1.82) is 5.41 Å². The summed E-state index contributed by atoms with van der Waals surface area (Å²) in [4.78, 5) is 7.90. The molecule has 0 aliphatic rings. The molecule has 0 fully saturated rings. The number of para-hydroxylation sites is 1. The van der Waals surface area contributed by atoms with Crippen molar-refractivity contribution in [1.82, 2.24) is 9.97 Å². The summed E-state index contributed by atoms with van der Waals surface area (Å²) in [5, 5.41) is 7.67. The summed E-state index contributed by atoms with van der Waals surface area (Å²) in [5.74, 6) is 0.656. The van der Waals surface area contributed by atoms with Crippen LogP contribution in [-0.4, -0.2) is 15.8 Å². The van der Waals surface area contributed by atoms with Crippen LogP contribution in [0.3, 0.4) is 0 Å². The fourth-order valence-electron chi connectivity index (χ4n) is 1.15. The maximum Gasteiger partial charge on any atom is 0.237 e. The van der Waals surface area contributed by atoms with E-state index in [1.807, 2.05) is 0 Å². The molecule has 1 aromatic heterocycles. The Morgan fingerprint density at radius 2 is 2.00 bits per heavy atom. The molecule has 0 atom stereocenters. The van der Waals surface area contributed by atoms with Gasteiger partial charge in [0.2, 0.25) is 5.88 Å². The maximum atomic E-state index is 7.17. The van der Waals surface area contributed by atoms with Crippen LogP contribution in [-0.2, 0) is 0 Å². The minimum Gasteiger partial charge on any atom is -0.436 e. The van der Waals surface area contributed by atoms with Gasteiger partial charge in [0.1, 0.15) is 17.3 Å². The highest BCUT2D eigenvalue weighted by atomic mass is 35.5. The highest BCUT2D eigenvalue weighted by Crippen LogP contribution is 2.27. The van der Waals surface area contributed by atoms with Crippen molar-refractivity contribution in [3.63, 3.8) is 0 Å². The molecule has 0 saturated heterocycles. The van der Waals surface area contributed by atoms with Gasteiger partial charge in [-0.3, -0.25) is 5.41 Å². The molecule has 17 heavy (non-hydrogen) atoms. The largest absolute Gasteiger partial charge is 0.436 e. The molecular formula is C11H9ClN4O. The summed E-state index contributed by atoms with van der Waals surface area (Å²) >= 11 is 5.93. The number of benzene rings is 1. The van der Waals surface area contributed by atoms with Crippen molar-refractivity contribution < 1.29 is 4.74 Å². The molecular weight excluding hydrogens is 240 g/mol. The average Bonchev–Trinajstić information content (AvgIpc) is 2.33. The van der Waals surface area contributed by atoms with Crippen molar-refractivity contribution in [2.24, 2.45) is 5.73 Å². The third-order valence-corrected chi connectivity index (χ3v) is 2.27. The van der Waals surface area contributed by atoms with Gasteiger partial charge >= 0.3 is 0 Å². The Kier molecular flexibility index (Phi) is 3.20. The molecule has 3 N–H and O–H groups in total. The van der Waals surface area contributed by atoms with Gasteiger partial charge in [0, 0.05) is 0 Å². The van der Waals surface area contributed by atoms with E-state index in [2.05, 4.69) is 9.97 Å². The van der Waals surface area contributed by atoms with Gasteiger partial charge in [0.05, 0.1) is 17.4 Å².